The largest absolute Gasteiger partial charge is 0.352 e. The van der Waals surface area contributed by atoms with Gasteiger partial charge in [-0.3, -0.25) is 4.79 Å². The zero-order valence-corrected chi connectivity index (χ0v) is 12.5. The third-order valence-corrected chi connectivity index (χ3v) is 3.78. The molecule has 0 aromatic carbocycles. The Kier molecular flexibility index (Phi) is 4.28. The minimum absolute atomic E-state index is 0.0544. The summed E-state index contributed by atoms with van der Waals surface area (Å²) in [6.07, 6.45) is 3.73. The smallest absolute Gasteiger partial charge is 0.251 e. The van der Waals surface area contributed by atoms with Crippen LogP contribution in [0, 0.1) is 5.92 Å². The van der Waals surface area contributed by atoms with Gasteiger partial charge >= 0.3 is 0 Å². The number of pyridine rings is 1. The van der Waals surface area contributed by atoms with Crippen molar-refractivity contribution >= 4 is 11.7 Å². The molecule has 1 fully saturated rings. The number of anilines is 1. The van der Waals surface area contributed by atoms with Gasteiger partial charge in [-0.05, 0) is 30.9 Å². The molecule has 1 amide bonds. The summed E-state index contributed by atoms with van der Waals surface area (Å²) in [6.45, 7) is 6.94. The Hall–Kier alpha value is -1.62. The molecule has 0 aliphatic heterocycles. The fourth-order valence-electron chi connectivity index (χ4n) is 2.16. The molecule has 0 bridgehead atoms. The van der Waals surface area contributed by atoms with Gasteiger partial charge in [-0.2, -0.15) is 0 Å². The van der Waals surface area contributed by atoms with Gasteiger partial charge in [-0.25, -0.2) is 10.8 Å². The molecule has 1 aromatic heterocycles. The van der Waals surface area contributed by atoms with Crippen molar-refractivity contribution in [1.82, 2.24) is 10.3 Å². The van der Waals surface area contributed by atoms with E-state index in [-0.39, 0.29) is 11.3 Å². The number of aromatic nitrogens is 1. The molecule has 5 heteroatoms. The van der Waals surface area contributed by atoms with Gasteiger partial charge < -0.3 is 10.7 Å². The third-order valence-electron chi connectivity index (χ3n) is 3.78. The van der Waals surface area contributed by atoms with Crippen LogP contribution < -0.4 is 16.6 Å². The van der Waals surface area contributed by atoms with E-state index in [0.717, 1.165) is 12.2 Å². The lowest BCUT2D eigenvalue weighted by molar-refractivity contribution is 0.0939. The van der Waals surface area contributed by atoms with E-state index in [2.05, 4.69) is 36.5 Å². The van der Waals surface area contributed by atoms with Gasteiger partial charge in [0.1, 0.15) is 5.82 Å². The lowest BCUT2D eigenvalue weighted by Crippen LogP contribution is -2.32. The third kappa shape index (κ3) is 3.48. The Morgan fingerprint density at radius 1 is 1.40 bits per heavy atom. The SMILES string of the molecule is CC(C)(C)c1cc(C(=O)NCC2CCC2)cc(NN)n1. The molecule has 0 unspecified atom stereocenters. The summed E-state index contributed by atoms with van der Waals surface area (Å²) < 4.78 is 0. The van der Waals surface area contributed by atoms with Crippen LogP contribution in [0.25, 0.3) is 0 Å². The topological polar surface area (TPSA) is 80.0 Å². The van der Waals surface area contributed by atoms with E-state index in [4.69, 9.17) is 5.84 Å². The molecule has 0 saturated heterocycles. The van der Waals surface area contributed by atoms with Crippen molar-refractivity contribution in [2.24, 2.45) is 11.8 Å². The number of nitrogens with zero attached hydrogens (tertiary/aromatic N) is 1. The van der Waals surface area contributed by atoms with Crippen LogP contribution in [0.2, 0.25) is 0 Å². The average Bonchev–Trinajstić information content (AvgIpc) is 2.35. The highest BCUT2D eigenvalue weighted by atomic mass is 16.1. The van der Waals surface area contributed by atoms with Gasteiger partial charge in [0, 0.05) is 23.2 Å². The molecule has 1 saturated carbocycles. The number of carbonyl (C=O) groups is 1. The second kappa shape index (κ2) is 5.79. The molecule has 0 atom stereocenters. The highest BCUT2D eigenvalue weighted by molar-refractivity contribution is 5.95. The van der Waals surface area contributed by atoms with E-state index in [1.165, 1.54) is 19.3 Å². The van der Waals surface area contributed by atoms with E-state index in [1.807, 2.05) is 6.07 Å². The molecule has 4 N–H and O–H groups in total. The van der Waals surface area contributed by atoms with Crippen molar-refractivity contribution in [1.29, 1.82) is 0 Å². The summed E-state index contributed by atoms with van der Waals surface area (Å²) in [5.74, 6) is 6.55. The Balaban J connectivity index is 2.14. The number of nitrogens with one attached hydrogen (secondary N) is 2. The zero-order valence-electron chi connectivity index (χ0n) is 12.5. The molecule has 1 aliphatic rings. The maximum Gasteiger partial charge on any atom is 0.251 e. The highest BCUT2D eigenvalue weighted by Gasteiger charge is 2.21. The number of hydrogen-bond donors (Lipinski definition) is 3. The van der Waals surface area contributed by atoms with Crippen molar-refractivity contribution in [2.45, 2.75) is 45.4 Å². The maximum atomic E-state index is 12.2. The van der Waals surface area contributed by atoms with Crippen LogP contribution in [0.3, 0.4) is 0 Å². The van der Waals surface area contributed by atoms with Gasteiger partial charge in [-0.1, -0.05) is 27.2 Å². The second-order valence-corrected chi connectivity index (χ2v) is 6.53. The summed E-state index contributed by atoms with van der Waals surface area (Å²) >= 11 is 0. The number of amides is 1. The van der Waals surface area contributed by atoms with Gasteiger partial charge in [0.25, 0.3) is 5.91 Å². The summed E-state index contributed by atoms with van der Waals surface area (Å²) in [5, 5.41) is 3.00. The van der Waals surface area contributed by atoms with Crippen molar-refractivity contribution in [2.75, 3.05) is 12.0 Å². The predicted molar refractivity (Wildman–Crippen MR) is 80.4 cm³/mol. The minimum atomic E-state index is -0.129. The van der Waals surface area contributed by atoms with Crippen LogP contribution in [0.15, 0.2) is 12.1 Å². The number of rotatable bonds is 4. The Labute approximate surface area is 120 Å². The summed E-state index contributed by atoms with van der Waals surface area (Å²) in [4.78, 5) is 16.6. The summed E-state index contributed by atoms with van der Waals surface area (Å²) in [7, 11) is 0. The fraction of sp³-hybridized carbons (Fsp3) is 0.600. The first-order valence-corrected chi connectivity index (χ1v) is 7.17. The van der Waals surface area contributed by atoms with Gasteiger partial charge in [-0.15, -0.1) is 0 Å². The van der Waals surface area contributed by atoms with E-state index < -0.39 is 0 Å². The molecule has 2 rings (SSSR count). The van der Waals surface area contributed by atoms with Crippen LogP contribution >= 0.6 is 0 Å². The molecule has 0 radical (unpaired) electrons. The van der Waals surface area contributed by atoms with Crippen LogP contribution in [0.5, 0.6) is 0 Å². The normalized spacial score (nSPS) is 15.6. The molecule has 0 spiro atoms. The first kappa shape index (κ1) is 14.8. The molecular formula is C15H24N4O. The van der Waals surface area contributed by atoms with Gasteiger partial charge in [0.2, 0.25) is 0 Å². The summed E-state index contributed by atoms with van der Waals surface area (Å²) in [6, 6.07) is 3.53. The lowest BCUT2D eigenvalue weighted by Gasteiger charge is -2.25. The lowest BCUT2D eigenvalue weighted by atomic mass is 9.85. The van der Waals surface area contributed by atoms with Crippen LogP contribution in [0.4, 0.5) is 5.82 Å². The quantitative estimate of drug-likeness (QED) is 0.582. The minimum Gasteiger partial charge on any atom is -0.352 e. The Bertz CT molecular complexity index is 489. The molecule has 1 heterocycles. The number of nitrogen functional groups attached to an aromatic ring is 1. The van der Waals surface area contributed by atoms with E-state index >= 15 is 0 Å². The standard InChI is InChI=1S/C15H24N4O/c1-15(2,3)12-7-11(8-13(18-12)19-16)14(20)17-9-10-5-4-6-10/h7-8,10H,4-6,9,16H2,1-3H3,(H,17,20)(H,18,19). The average molecular weight is 276 g/mol. The number of hydrazine groups is 1. The number of carbonyl (C=O) groups excluding carboxylic acids is 1. The molecule has 20 heavy (non-hydrogen) atoms. The predicted octanol–water partition coefficient (Wildman–Crippen LogP) is 2.19. The molecular weight excluding hydrogens is 252 g/mol. The van der Waals surface area contributed by atoms with Crippen molar-refractivity contribution in [3.63, 3.8) is 0 Å². The van der Waals surface area contributed by atoms with Crippen LogP contribution in [-0.2, 0) is 5.41 Å². The fourth-order valence-corrected chi connectivity index (χ4v) is 2.16. The van der Waals surface area contributed by atoms with Gasteiger partial charge in [0.05, 0.1) is 0 Å². The molecule has 1 aromatic rings. The highest BCUT2D eigenvalue weighted by Crippen LogP contribution is 2.26. The van der Waals surface area contributed by atoms with Crippen LogP contribution in [0.1, 0.15) is 56.1 Å². The van der Waals surface area contributed by atoms with E-state index in [9.17, 15) is 4.79 Å². The first-order chi connectivity index (χ1) is 9.40. The zero-order chi connectivity index (χ0) is 14.8. The maximum absolute atomic E-state index is 12.2. The van der Waals surface area contributed by atoms with Crippen LogP contribution in [-0.4, -0.2) is 17.4 Å². The molecule has 110 valence electrons. The first-order valence-electron chi connectivity index (χ1n) is 7.17. The van der Waals surface area contributed by atoms with Gasteiger partial charge in [0.15, 0.2) is 0 Å². The Morgan fingerprint density at radius 3 is 2.60 bits per heavy atom. The number of nitrogens with two attached hydrogens (primary N) is 1. The van der Waals surface area contributed by atoms with E-state index in [0.29, 0.717) is 17.3 Å². The monoisotopic (exact) mass is 276 g/mol. The Morgan fingerprint density at radius 2 is 2.10 bits per heavy atom. The number of hydrogen-bond acceptors (Lipinski definition) is 4. The van der Waals surface area contributed by atoms with Crippen molar-refractivity contribution in [3.8, 4) is 0 Å². The molecule has 1 aliphatic carbocycles. The summed E-state index contributed by atoms with van der Waals surface area (Å²) in [5.41, 5.74) is 3.86. The van der Waals surface area contributed by atoms with Crippen molar-refractivity contribution < 1.29 is 4.79 Å². The molecule has 5 nitrogen and oxygen atoms in total. The van der Waals surface area contributed by atoms with E-state index in [1.54, 1.807) is 6.07 Å². The van der Waals surface area contributed by atoms with Crippen molar-refractivity contribution in [3.05, 3.63) is 23.4 Å². The second-order valence-electron chi connectivity index (χ2n) is 6.53.